The van der Waals surface area contributed by atoms with Gasteiger partial charge in [0.25, 0.3) is 5.91 Å². The number of benzene rings is 1. The van der Waals surface area contributed by atoms with Crippen molar-refractivity contribution in [3.63, 3.8) is 0 Å². The Morgan fingerprint density at radius 2 is 2.10 bits per heavy atom. The van der Waals surface area contributed by atoms with E-state index in [2.05, 4.69) is 36.2 Å². The zero-order chi connectivity index (χ0) is 15.0. The lowest BCUT2D eigenvalue weighted by atomic mass is 9.78. The van der Waals surface area contributed by atoms with Crippen molar-refractivity contribution in [1.29, 1.82) is 0 Å². The molecule has 0 spiro atoms. The number of hydrogen-bond donors (Lipinski definition) is 1. The van der Waals surface area contributed by atoms with Gasteiger partial charge in [0, 0.05) is 19.0 Å². The second-order valence-electron chi connectivity index (χ2n) is 6.23. The molecule has 1 aliphatic rings. The first-order valence-electron chi connectivity index (χ1n) is 7.02. The molecule has 110 valence electrons. The standard InChI is InChI=1S/C16H18ClN3O/c1-16(2)10-20(15(21)14-13(17)8-18-19-14)9-12(16)11-6-4-3-5-7-11/h3-8,12H,9-10H2,1-2H3,(H,18,19)/t12-/m0/s1. The maximum Gasteiger partial charge on any atom is 0.273 e. The molecule has 0 bridgehead atoms. The third-order valence-corrected chi connectivity index (χ3v) is 4.53. The molecule has 1 aromatic heterocycles. The van der Waals surface area contributed by atoms with Crippen molar-refractivity contribution in [2.75, 3.05) is 13.1 Å². The first-order chi connectivity index (χ1) is 9.99. The fourth-order valence-electron chi connectivity index (χ4n) is 3.11. The highest BCUT2D eigenvalue weighted by Crippen LogP contribution is 2.42. The molecule has 1 fully saturated rings. The van der Waals surface area contributed by atoms with Crippen molar-refractivity contribution in [1.82, 2.24) is 15.1 Å². The minimum Gasteiger partial charge on any atom is -0.336 e. The number of nitrogens with one attached hydrogen (secondary N) is 1. The summed E-state index contributed by atoms with van der Waals surface area (Å²) in [5.74, 6) is 0.244. The Morgan fingerprint density at radius 3 is 2.71 bits per heavy atom. The first kappa shape index (κ1) is 14.1. The van der Waals surface area contributed by atoms with Gasteiger partial charge in [-0.15, -0.1) is 0 Å². The molecule has 1 N–H and O–H groups in total. The molecule has 2 aromatic rings. The fourth-order valence-corrected chi connectivity index (χ4v) is 3.28. The summed E-state index contributed by atoms with van der Waals surface area (Å²) in [4.78, 5) is 14.4. The minimum atomic E-state index is -0.0796. The van der Waals surface area contributed by atoms with Crippen LogP contribution in [-0.4, -0.2) is 34.1 Å². The van der Waals surface area contributed by atoms with Crippen LogP contribution in [0.2, 0.25) is 5.02 Å². The Kier molecular flexibility index (Phi) is 3.49. The number of amides is 1. The van der Waals surface area contributed by atoms with Crippen LogP contribution in [0.4, 0.5) is 0 Å². The summed E-state index contributed by atoms with van der Waals surface area (Å²) in [7, 11) is 0. The molecule has 4 nitrogen and oxygen atoms in total. The van der Waals surface area contributed by atoms with Crippen LogP contribution < -0.4 is 0 Å². The van der Waals surface area contributed by atoms with Gasteiger partial charge in [-0.05, 0) is 11.0 Å². The number of carbonyl (C=O) groups excluding carboxylic acids is 1. The van der Waals surface area contributed by atoms with Crippen LogP contribution in [0.25, 0.3) is 0 Å². The third kappa shape index (κ3) is 2.56. The molecule has 5 heteroatoms. The van der Waals surface area contributed by atoms with Crippen LogP contribution in [0.5, 0.6) is 0 Å². The zero-order valence-corrected chi connectivity index (χ0v) is 12.9. The molecule has 21 heavy (non-hydrogen) atoms. The summed E-state index contributed by atoms with van der Waals surface area (Å²) in [5.41, 5.74) is 1.68. The number of aromatic nitrogens is 2. The molecule has 1 amide bonds. The smallest absolute Gasteiger partial charge is 0.273 e. The number of rotatable bonds is 2. The number of H-pyrrole nitrogens is 1. The van der Waals surface area contributed by atoms with Crippen LogP contribution in [0.3, 0.4) is 0 Å². The van der Waals surface area contributed by atoms with Crippen LogP contribution in [-0.2, 0) is 0 Å². The van der Waals surface area contributed by atoms with E-state index < -0.39 is 0 Å². The van der Waals surface area contributed by atoms with E-state index >= 15 is 0 Å². The Labute approximate surface area is 129 Å². The number of carbonyl (C=O) groups is 1. The molecule has 1 saturated heterocycles. The molecule has 2 heterocycles. The number of aromatic amines is 1. The summed E-state index contributed by atoms with van der Waals surface area (Å²) in [5, 5.41) is 6.89. The SMILES string of the molecule is CC1(C)CN(C(=O)c2[nH]ncc2Cl)C[C@H]1c1ccccc1. The van der Waals surface area contributed by atoms with Gasteiger partial charge in [0.2, 0.25) is 0 Å². The normalized spacial score (nSPS) is 20.7. The number of halogens is 1. The van der Waals surface area contributed by atoms with Crippen LogP contribution in [0.15, 0.2) is 36.5 Å². The van der Waals surface area contributed by atoms with Crippen molar-refractivity contribution in [3.05, 3.63) is 52.8 Å². The molecular weight excluding hydrogens is 286 g/mol. The lowest BCUT2D eigenvalue weighted by Crippen LogP contribution is -2.30. The highest BCUT2D eigenvalue weighted by atomic mass is 35.5. The van der Waals surface area contributed by atoms with Gasteiger partial charge in [0.1, 0.15) is 5.69 Å². The highest BCUT2D eigenvalue weighted by molar-refractivity contribution is 6.33. The van der Waals surface area contributed by atoms with E-state index in [0.29, 0.717) is 29.7 Å². The summed E-state index contributed by atoms with van der Waals surface area (Å²) >= 11 is 6.00. The average Bonchev–Trinajstić information content (AvgIpc) is 3.02. The largest absolute Gasteiger partial charge is 0.336 e. The zero-order valence-electron chi connectivity index (χ0n) is 12.1. The van der Waals surface area contributed by atoms with E-state index in [-0.39, 0.29) is 11.3 Å². The molecule has 0 aliphatic carbocycles. The molecule has 3 rings (SSSR count). The summed E-state index contributed by atoms with van der Waals surface area (Å²) < 4.78 is 0. The minimum absolute atomic E-state index is 0.0313. The Balaban J connectivity index is 1.85. The number of nitrogens with zero attached hydrogens (tertiary/aromatic N) is 2. The average molecular weight is 304 g/mol. The lowest BCUT2D eigenvalue weighted by molar-refractivity contribution is 0.0772. The second-order valence-corrected chi connectivity index (χ2v) is 6.64. The van der Waals surface area contributed by atoms with Gasteiger partial charge in [-0.2, -0.15) is 5.10 Å². The molecule has 0 saturated carbocycles. The maximum atomic E-state index is 12.6. The highest BCUT2D eigenvalue weighted by Gasteiger charge is 2.42. The van der Waals surface area contributed by atoms with Crippen molar-refractivity contribution in [2.24, 2.45) is 5.41 Å². The third-order valence-electron chi connectivity index (χ3n) is 4.24. The fraction of sp³-hybridized carbons (Fsp3) is 0.375. The predicted molar refractivity (Wildman–Crippen MR) is 82.5 cm³/mol. The van der Waals surface area contributed by atoms with Gasteiger partial charge in [-0.3, -0.25) is 9.89 Å². The molecule has 1 aliphatic heterocycles. The van der Waals surface area contributed by atoms with Crippen LogP contribution in [0.1, 0.15) is 35.8 Å². The topological polar surface area (TPSA) is 49.0 Å². The first-order valence-corrected chi connectivity index (χ1v) is 7.40. The molecule has 1 atom stereocenters. The lowest BCUT2D eigenvalue weighted by Gasteiger charge is -2.25. The van der Waals surface area contributed by atoms with E-state index in [1.165, 1.54) is 11.8 Å². The van der Waals surface area contributed by atoms with Crippen LogP contribution in [0, 0.1) is 5.41 Å². The van der Waals surface area contributed by atoms with Crippen molar-refractivity contribution >= 4 is 17.5 Å². The van der Waals surface area contributed by atoms with Crippen molar-refractivity contribution in [3.8, 4) is 0 Å². The van der Waals surface area contributed by atoms with E-state index in [1.54, 1.807) is 0 Å². The van der Waals surface area contributed by atoms with Gasteiger partial charge in [-0.1, -0.05) is 55.8 Å². The van der Waals surface area contributed by atoms with Crippen molar-refractivity contribution < 1.29 is 4.79 Å². The van der Waals surface area contributed by atoms with Gasteiger partial charge >= 0.3 is 0 Å². The molecule has 0 radical (unpaired) electrons. The second kappa shape index (κ2) is 5.19. The predicted octanol–water partition coefficient (Wildman–Crippen LogP) is 3.33. The van der Waals surface area contributed by atoms with Gasteiger partial charge in [0.15, 0.2) is 0 Å². The quantitative estimate of drug-likeness (QED) is 0.925. The monoisotopic (exact) mass is 303 g/mol. The molecule has 0 unspecified atom stereocenters. The van der Waals surface area contributed by atoms with E-state index in [9.17, 15) is 4.79 Å². The van der Waals surface area contributed by atoms with Gasteiger partial charge in [0.05, 0.1) is 11.2 Å². The number of likely N-dealkylation sites (tertiary alicyclic amines) is 1. The van der Waals surface area contributed by atoms with E-state index in [4.69, 9.17) is 11.6 Å². The van der Waals surface area contributed by atoms with Crippen LogP contribution >= 0.6 is 11.6 Å². The summed E-state index contributed by atoms with van der Waals surface area (Å²) in [6.45, 7) is 5.81. The van der Waals surface area contributed by atoms with E-state index in [1.807, 2.05) is 23.1 Å². The maximum absolute atomic E-state index is 12.6. The molecular formula is C16H18ClN3O. The Morgan fingerprint density at radius 1 is 1.38 bits per heavy atom. The van der Waals surface area contributed by atoms with Crippen molar-refractivity contribution in [2.45, 2.75) is 19.8 Å². The number of hydrogen-bond acceptors (Lipinski definition) is 2. The Hall–Kier alpha value is -1.81. The summed E-state index contributed by atoms with van der Waals surface area (Å²) in [6, 6.07) is 10.4. The van der Waals surface area contributed by atoms with Gasteiger partial charge < -0.3 is 4.90 Å². The van der Waals surface area contributed by atoms with Gasteiger partial charge in [-0.25, -0.2) is 0 Å². The summed E-state index contributed by atoms with van der Waals surface area (Å²) in [6.07, 6.45) is 1.46. The van der Waals surface area contributed by atoms with E-state index in [0.717, 1.165) is 0 Å². The Bertz CT molecular complexity index is 651. The molecule has 1 aromatic carbocycles.